The van der Waals surface area contributed by atoms with Crippen LogP contribution in [0.15, 0.2) is 0 Å². The van der Waals surface area contributed by atoms with Crippen LogP contribution >= 0.6 is 0 Å². The molecule has 6 atom stereocenters. The second-order valence-electron chi connectivity index (χ2n) is 9.62. The molecule has 4 aliphatic rings. The van der Waals surface area contributed by atoms with Gasteiger partial charge in [0.15, 0.2) is 0 Å². The average Bonchev–Trinajstić information content (AvgIpc) is 2.95. The van der Waals surface area contributed by atoms with Gasteiger partial charge in [0.25, 0.3) is 0 Å². The Balaban J connectivity index is 1.61. The standard InChI is InChI=1S/C19H34NSi/c1-21(2,3)13-20-17-11-7-6-10-16(17)19-15-9-5-4-8-14(15)12-18(19)20/h12,14-19H,4-11,13H2,1-3H3. The highest BCUT2D eigenvalue weighted by Gasteiger charge is 2.57. The molecule has 1 aliphatic heterocycles. The highest BCUT2D eigenvalue weighted by atomic mass is 28.3. The van der Waals surface area contributed by atoms with Gasteiger partial charge in [0, 0.05) is 12.1 Å². The Morgan fingerprint density at radius 3 is 2.33 bits per heavy atom. The van der Waals surface area contributed by atoms with Crippen LogP contribution in [0, 0.1) is 30.1 Å². The summed E-state index contributed by atoms with van der Waals surface area (Å²) in [5.74, 6) is 4.17. The summed E-state index contributed by atoms with van der Waals surface area (Å²) in [4.78, 5) is 3.04. The molecule has 1 radical (unpaired) electrons. The van der Waals surface area contributed by atoms with Crippen molar-refractivity contribution in [1.82, 2.24) is 4.90 Å². The molecule has 4 rings (SSSR count). The minimum atomic E-state index is -1.00. The summed E-state index contributed by atoms with van der Waals surface area (Å²) in [5, 5.41) is 0. The van der Waals surface area contributed by atoms with Crippen LogP contribution in [0.25, 0.3) is 0 Å². The fourth-order valence-electron chi connectivity index (χ4n) is 6.43. The zero-order chi connectivity index (χ0) is 14.6. The van der Waals surface area contributed by atoms with Gasteiger partial charge in [-0.2, -0.15) is 0 Å². The van der Waals surface area contributed by atoms with Crippen molar-refractivity contribution in [2.75, 3.05) is 6.17 Å². The van der Waals surface area contributed by atoms with Crippen molar-refractivity contribution in [1.29, 1.82) is 0 Å². The summed E-state index contributed by atoms with van der Waals surface area (Å²) in [5.41, 5.74) is 0. The molecule has 0 aromatic heterocycles. The van der Waals surface area contributed by atoms with Crippen LogP contribution in [-0.2, 0) is 0 Å². The Bertz CT molecular complexity index is 388. The number of hydrogen-bond donors (Lipinski definition) is 0. The predicted octanol–water partition coefficient (Wildman–Crippen LogP) is 4.75. The van der Waals surface area contributed by atoms with E-state index in [9.17, 15) is 0 Å². The molecular formula is C19H34NSi. The van der Waals surface area contributed by atoms with E-state index >= 15 is 0 Å². The molecule has 3 aliphatic carbocycles. The number of hydrogen-bond acceptors (Lipinski definition) is 1. The topological polar surface area (TPSA) is 3.24 Å². The van der Waals surface area contributed by atoms with E-state index in [2.05, 4.69) is 31.0 Å². The van der Waals surface area contributed by atoms with Crippen LogP contribution in [0.3, 0.4) is 0 Å². The maximum atomic E-state index is 3.04. The van der Waals surface area contributed by atoms with Crippen molar-refractivity contribution in [2.45, 2.75) is 83.1 Å². The normalized spacial score (nSPS) is 47.0. The average molecular weight is 305 g/mol. The van der Waals surface area contributed by atoms with E-state index in [4.69, 9.17) is 0 Å². The molecule has 2 heteroatoms. The molecule has 1 saturated heterocycles. The summed E-state index contributed by atoms with van der Waals surface area (Å²) >= 11 is 0. The molecular weight excluding hydrogens is 270 g/mol. The summed E-state index contributed by atoms with van der Waals surface area (Å²) in [7, 11) is -1.00. The van der Waals surface area contributed by atoms with Gasteiger partial charge < -0.3 is 0 Å². The third-order valence-electron chi connectivity index (χ3n) is 6.95. The summed E-state index contributed by atoms with van der Waals surface area (Å²) in [6.45, 7) is 7.71. The number of likely N-dealkylation sites (tertiary alicyclic amines) is 1. The van der Waals surface area contributed by atoms with Crippen molar-refractivity contribution in [2.24, 2.45) is 23.7 Å². The van der Waals surface area contributed by atoms with E-state index in [1.165, 1.54) is 44.7 Å². The molecule has 1 nitrogen and oxygen atoms in total. The van der Waals surface area contributed by atoms with Crippen LogP contribution in [0.5, 0.6) is 0 Å². The molecule has 119 valence electrons. The van der Waals surface area contributed by atoms with Crippen LogP contribution in [0.2, 0.25) is 19.6 Å². The smallest absolute Gasteiger partial charge is 0.0599 e. The largest absolute Gasteiger partial charge is 0.299 e. The Kier molecular flexibility index (Phi) is 3.77. The van der Waals surface area contributed by atoms with E-state index < -0.39 is 8.07 Å². The number of rotatable bonds is 2. The van der Waals surface area contributed by atoms with Crippen molar-refractivity contribution in [3.05, 3.63) is 6.42 Å². The van der Waals surface area contributed by atoms with Crippen molar-refractivity contribution >= 4 is 8.07 Å². The van der Waals surface area contributed by atoms with Crippen LogP contribution in [0.1, 0.15) is 51.4 Å². The first kappa shape index (κ1) is 14.7. The van der Waals surface area contributed by atoms with Gasteiger partial charge in [0.05, 0.1) is 8.07 Å². The van der Waals surface area contributed by atoms with Gasteiger partial charge in [-0.3, -0.25) is 4.90 Å². The lowest BCUT2D eigenvalue weighted by molar-refractivity contribution is 0.146. The lowest BCUT2D eigenvalue weighted by Crippen LogP contribution is -2.48. The second-order valence-corrected chi connectivity index (χ2v) is 15.1. The van der Waals surface area contributed by atoms with Crippen molar-refractivity contribution in [3.63, 3.8) is 0 Å². The van der Waals surface area contributed by atoms with Crippen LogP contribution < -0.4 is 0 Å². The zero-order valence-electron chi connectivity index (χ0n) is 14.4. The highest BCUT2D eigenvalue weighted by molar-refractivity contribution is 6.76. The third-order valence-corrected chi connectivity index (χ3v) is 8.26. The second kappa shape index (κ2) is 5.37. The van der Waals surface area contributed by atoms with E-state index in [1.807, 2.05) is 0 Å². The number of fused-ring (bicyclic) bond motifs is 5. The minimum absolute atomic E-state index is 0.873. The fraction of sp³-hybridized carbons (Fsp3) is 0.947. The van der Waals surface area contributed by atoms with Gasteiger partial charge in [-0.15, -0.1) is 0 Å². The summed E-state index contributed by atoms with van der Waals surface area (Å²) in [6.07, 6.45) is 16.4. The van der Waals surface area contributed by atoms with Gasteiger partial charge >= 0.3 is 0 Å². The highest BCUT2D eigenvalue weighted by Crippen LogP contribution is 2.57. The predicted molar refractivity (Wildman–Crippen MR) is 92.8 cm³/mol. The van der Waals surface area contributed by atoms with Crippen LogP contribution in [-0.4, -0.2) is 31.2 Å². The van der Waals surface area contributed by atoms with E-state index in [-0.39, 0.29) is 0 Å². The molecule has 3 saturated carbocycles. The lowest BCUT2D eigenvalue weighted by Gasteiger charge is -2.39. The first-order chi connectivity index (χ1) is 10.0. The Hall–Kier alpha value is 0.177. The quantitative estimate of drug-likeness (QED) is 0.666. The molecule has 0 aromatic carbocycles. The third kappa shape index (κ3) is 2.55. The molecule has 1 heterocycles. The lowest BCUT2D eigenvalue weighted by atomic mass is 9.70. The molecule has 0 aromatic rings. The molecule has 0 N–H and O–H groups in total. The maximum Gasteiger partial charge on any atom is 0.0599 e. The van der Waals surface area contributed by atoms with Crippen LogP contribution in [0.4, 0.5) is 0 Å². The first-order valence-electron chi connectivity index (χ1n) is 9.65. The molecule has 21 heavy (non-hydrogen) atoms. The van der Waals surface area contributed by atoms with Crippen molar-refractivity contribution < 1.29 is 0 Å². The van der Waals surface area contributed by atoms with Gasteiger partial charge in [0.2, 0.25) is 0 Å². The molecule has 6 unspecified atom stereocenters. The summed E-state index contributed by atoms with van der Waals surface area (Å²) in [6, 6.07) is 1.83. The minimum Gasteiger partial charge on any atom is -0.299 e. The molecule has 0 bridgehead atoms. The molecule has 0 spiro atoms. The fourth-order valence-corrected chi connectivity index (χ4v) is 7.98. The SMILES string of the molecule is C[Si](C)(C)CN1C2[CH]C3CCCCC3C2C2CCCCC21. The molecule has 0 amide bonds. The van der Waals surface area contributed by atoms with E-state index in [0.717, 1.165) is 35.8 Å². The van der Waals surface area contributed by atoms with Gasteiger partial charge in [-0.05, 0) is 61.9 Å². The van der Waals surface area contributed by atoms with Gasteiger partial charge in [-0.1, -0.05) is 45.3 Å². The van der Waals surface area contributed by atoms with Crippen molar-refractivity contribution in [3.8, 4) is 0 Å². The first-order valence-corrected chi connectivity index (χ1v) is 13.4. The Morgan fingerprint density at radius 1 is 0.905 bits per heavy atom. The Morgan fingerprint density at radius 2 is 1.57 bits per heavy atom. The number of nitrogens with zero attached hydrogens (tertiary/aromatic N) is 1. The van der Waals surface area contributed by atoms with Gasteiger partial charge in [0.1, 0.15) is 0 Å². The van der Waals surface area contributed by atoms with Gasteiger partial charge in [-0.25, -0.2) is 0 Å². The molecule has 4 fully saturated rings. The van der Waals surface area contributed by atoms with E-state index in [0.29, 0.717) is 0 Å². The monoisotopic (exact) mass is 304 g/mol. The van der Waals surface area contributed by atoms with E-state index in [1.54, 1.807) is 12.8 Å². The summed E-state index contributed by atoms with van der Waals surface area (Å²) < 4.78 is 0. The maximum absolute atomic E-state index is 3.04. The Labute approximate surface area is 132 Å². The zero-order valence-corrected chi connectivity index (χ0v) is 15.4.